The maximum Gasteiger partial charge on any atom is 0.416 e. The van der Waals surface area contributed by atoms with Crippen LogP contribution in [0.5, 0.6) is 11.5 Å². The zero-order valence-electron chi connectivity index (χ0n) is 18.7. The highest BCUT2D eigenvalue weighted by Gasteiger charge is 2.30. The van der Waals surface area contributed by atoms with Gasteiger partial charge in [0.2, 0.25) is 0 Å². The van der Waals surface area contributed by atoms with Crippen molar-refractivity contribution in [3.8, 4) is 11.5 Å². The van der Waals surface area contributed by atoms with E-state index in [-0.39, 0.29) is 5.69 Å². The smallest absolute Gasteiger partial charge is 0.416 e. The second-order valence-corrected chi connectivity index (χ2v) is 7.59. The number of amides is 1. The molecule has 0 saturated heterocycles. The highest BCUT2D eigenvalue weighted by molar-refractivity contribution is 5.92. The minimum Gasteiger partial charge on any atom is -0.493 e. The Hall–Kier alpha value is -4.33. The van der Waals surface area contributed by atoms with Crippen LogP contribution in [0.3, 0.4) is 0 Å². The molecule has 8 heteroatoms. The molecule has 0 aliphatic heterocycles. The third-order valence-electron chi connectivity index (χ3n) is 5.09. The number of carbonyl (C=O) groups excluding carboxylic acids is 1. The molecule has 1 heterocycles. The minimum absolute atomic E-state index is 0.0307. The summed E-state index contributed by atoms with van der Waals surface area (Å²) in [4.78, 5) is 16.8. The maximum atomic E-state index is 12.8. The molecule has 4 aromatic rings. The second kappa shape index (κ2) is 10.3. The lowest BCUT2D eigenvalue weighted by atomic mass is 10.1. The standard InChI is InChI=1S/C27H21F3N2O3/c1-34-25-15-18(9-12-21-13-11-19-5-2-3-8-23(19)31-21)10-14-24(25)35-17-26(33)32-22-7-4-6-20(16-22)27(28,29)30/h2-16H,17H2,1H3,(H,32,33)/b12-9+. The van der Waals surface area contributed by atoms with Crippen molar-refractivity contribution in [3.05, 3.63) is 95.7 Å². The van der Waals surface area contributed by atoms with Gasteiger partial charge in [-0.3, -0.25) is 4.79 Å². The fourth-order valence-electron chi connectivity index (χ4n) is 3.38. The molecule has 1 aromatic heterocycles. The molecule has 0 aliphatic carbocycles. The zero-order chi connectivity index (χ0) is 24.8. The maximum absolute atomic E-state index is 12.8. The lowest BCUT2D eigenvalue weighted by Crippen LogP contribution is -2.20. The van der Waals surface area contributed by atoms with E-state index in [2.05, 4.69) is 10.3 Å². The average Bonchev–Trinajstić information content (AvgIpc) is 2.86. The van der Waals surface area contributed by atoms with Gasteiger partial charge in [-0.1, -0.05) is 42.5 Å². The van der Waals surface area contributed by atoms with Gasteiger partial charge in [0, 0.05) is 11.1 Å². The molecule has 35 heavy (non-hydrogen) atoms. The Morgan fingerprint density at radius 3 is 2.57 bits per heavy atom. The second-order valence-electron chi connectivity index (χ2n) is 7.59. The van der Waals surface area contributed by atoms with Crippen molar-refractivity contribution in [1.29, 1.82) is 0 Å². The van der Waals surface area contributed by atoms with E-state index in [1.165, 1.54) is 19.2 Å². The first-order chi connectivity index (χ1) is 16.8. The zero-order valence-corrected chi connectivity index (χ0v) is 18.7. The van der Waals surface area contributed by atoms with Gasteiger partial charge >= 0.3 is 6.18 Å². The molecule has 0 spiro atoms. The molecule has 0 radical (unpaired) electrons. The van der Waals surface area contributed by atoms with Crippen LogP contribution in [-0.2, 0) is 11.0 Å². The summed E-state index contributed by atoms with van der Waals surface area (Å²) in [7, 11) is 1.48. The summed E-state index contributed by atoms with van der Waals surface area (Å²) in [5.74, 6) is 0.135. The topological polar surface area (TPSA) is 60.5 Å². The number of methoxy groups -OCH3 is 1. The summed E-state index contributed by atoms with van der Waals surface area (Å²) in [5.41, 5.74) is 1.72. The molecule has 4 rings (SSSR count). The first-order valence-corrected chi connectivity index (χ1v) is 10.6. The Kier molecular flexibility index (Phi) is 7.01. The number of hydrogen-bond donors (Lipinski definition) is 1. The Balaban J connectivity index is 1.40. The summed E-state index contributed by atoms with van der Waals surface area (Å²) >= 11 is 0. The van der Waals surface area contributed by atoms with Crippen LogP contribution in [0.15, 0.2) is 78.9 Å². The SMILES string of the molecule is COc1cc(/C=C/c2ccc3ccccc3n2)ccc1OCC(=O)Nc1cccc(C(F)(F)F)c1. The molecule has 0 aliphatic rings. The normalized spacial score (nSPS) is 11.5. The Labute approximate surface area is 199 Å². The summed E-state index contributed by atoms with van der Waals surface area (Å²) < 4.78 is 49.4. The van der Waals surface area contributed by atoms with Crippen LogP contribution in [-0.4, -0.2) is 24.6 Å². The van der Waals surface area contributed by atoms with E-state index in [4.69, 9.17) is 9.47 Å². The summed E-state index contributed by atoms with van der Waals surface area (Å²) in [6, 6.07) is 21.4. The average molecular weight is 478 g/mol. The number of aromatic nitrogens is 1. The number of fused-ring (bicyclic) bond motifs is 1. The predicted molar refractivity (Wildman–Crippen MR) is 129 cm³/mol. The summed E-state index contributed by atoms with van der Waals surface area (Å²) in [6.45, 7) is -0.400. The third-order valence-corrected chi connectivity index (χ3v) is 5.09. The number of alkyl halides is 3. The molecule has 3 aromatic carbocycles. The van der Waals surface area contributed by atoms with E-state index < -0.39 is 24.3 Å². The van der Waals surface area contributed by atoms with Gasteiger partial charge in [0.05, 0.1) is 23.9 Å². The lowest BCUT2D eigenvalue weighted by Gasteiger charge is -2.12. The number of para-hydroxylation sites is 1. The molecular formula is C27H21F3N2O3. The lowest BCUT2D eigenvalue weighted by molar-refractivity contribution is -0.137. The first-order valence-electron chi connectivity index (χ1n) is 10.6. The van der Waals surface area contributed by atoms with Crippen LogP contribution in [0.2, 0.25) is 0 Å². The van der Waals surface area contributed by atoms with Gasteiger partial charge in [-0.05, 0) is 54.1 Å². The largest absolute Gasteiger partial charge is 0.493 e. The van der Waals surface area contributed by atoms with E-state index in [9.17, 15) is 18.0 Å². The van der Waals surface area contributed by atoms with Gasteiger partial charge in [0.15, 0.2) is 18.1 Å². The number of nitrogens with one attached hydrogen (secondary N) is 1. The van der Waals surface area contributed by atoms with E-state index in [1.54, 1.807) is 18.2 Å². The molecule has 0 atom stereocenters. The number of anilines is 1. The number of pyridine rings is 1. The molecule has 0 bridgehead atoms. The van der Waals surface area contributed by atoms with Crippen LogP contribution in [0.1, 0.15) is 16.8 Å². The van der Waals surface area contributed by atoms with Crippen molar-refractivity contribution >= 4 is 34.6 Å². The summed E-state index contributed by atoms with van der Waals surface area (Å²) in [5, 5.41) is 3.46. The molecule has 0 saturated carbocycles. The van der Waals surface area contributed by atoms with E-state index in [0.29, 0.717) is 11.5 Å². The molecular weight excluding hydrogens is 457 g/mol. The number of hydrogen-bond acceptors (Lipinski definition) is 4. The van der Waals surface area contributed by atoms with Gasteiger partial charge in [0.1, 0.15) is 0 Å². The van der Waals surface area contributed by atoms with Crippen LogP contribution < -0.4 is 14.8 Å². The molecule has 0 unspecified atom stereocenters. The Morgan fingerprint density at radius 2 is 1.77 bits per heavy atom. The first kappa shape index (κ1) is 23.8. The van der Waals surface area contributed by atoms with Crippen LogP contribution in [0.4, 0.5) is 18.9 Å². The van der Waals surface area contributed by atoms with E-state index in [1.807, 2.05) is 48.6 Å². The van der Waals surface area contributed by atoms with Crippen LogP contribution in [0.25, 0.3) is 23.1 Å². The number of carbonyl (C=O) groups is 1. The number of halogens is 3. The van der Waals surface area contributed by atoms with E-state index in [0.717, 1.165) is 34.3 Å². The molecule has 1 N–H and O–H groups in total. The highest BCUT2D eigenvalue weighted by atomic mass is 19.4. The number of benzene rings is 3. The van der Waals surface area contributed by atoms with Gasteiger partial charge < -0.3 is 14.8 Å². The third kappa shape index (κ3) is 6.17. The molecule has 5 nitrogen and oxygen atoms in total. The van der Waals surface area contributed by atoms with Crippen molar-refractivity contribution in [2.24, 2.45) is 0 Å². The highest BCUT2D eigenvalue weighted by Crippen LogP contribution is 2.31. The predicted octanol–water partition coefficient (Wildman–Crippen LogP) is 6.45. The minimum atomic E-state index is -4.49. The van der Waals surface area contributed by atoms with Crippen molar-refractivity contribution in [3.63, 3.8) is 0 Å². The van der Waals surface area contributed by atoms with Crippen molar-refractivity contribution in [2.75, 3.05) is 19.0 Å². The van der Waals surface area contributed by atoms with Crippen LogP contribution in [0, 0.1) is 0 Å². The van der Waals surface area contributed by atoms with Gasteiger partial charge in [-0.25, -0.2) is 4.98 Å². The van der Waals surface area contributed by atoms with Gasteiger partial charge in [-0.15, -0.1) is 0 Å². The van der Waals surface area contributed by atoms with Gasteiger partial charge in [-0.2, -0.15) is 13.2 Å². The van der Waals surface area contributed by atoms with Gasteiger partial charge in [0.25, 0.3) is 5.91 Å². The van der Waals surface area contributed by atoms with Crippen molar-refractivity contribution < 1.29 is 27.4 Å². The Morgan fingerprint density at radius 1 is 0.943 bits per heavy atom. The quantitative estimate of drug-likeness (QED) is 0.332. The number of rotatable bonds is 7. The fourth-order valence-corrected chi connectivity index (χ4v) is 3.38. The summed E-state index contributed by atoms with van der Waals surface area (Å²) in [6.07, 6.45) is -0.737. The fraction of sp³-hybridized carbons (Fsp3) is 0.111. The monoisotopic (exact) mass is 478 g/mol. The Bertz CT molecular complexity index is 1380. The van der Waals surface area contributed by atoms with E-state index >= 15 is 0 Å². The van der Waals surface area contributed by atoms with Crippen LogP contribution >= 0.6 is 0 Å². The molecule has 178 valence electrons. The number of nitrogens with zero attached hydrogens (tertiary/aromatic N) is 1. The molecule has 1 amide bonds. The van der Waals surface area contributed by atoms with Crippen molar-refractivity contribution in [2.45, 2.75) is 6.18 Å². The number of ether oxygens (including phenoxy) is 2. The molecule has 0 fully saturated rings. The van der Waals surface area contributed by atoms with Crippen molar-refractivity contribution in [1.82, 2.24) is 4.98 Å².